The summed E-state index contributed by atoms with van der Waals surface area (Å²) in [4.78, 5) is 4.13. The molecule has 0 aliphatic heterocycles. The van der Waals surface area contributed by atoms with Gasteiger partial charge in [0.25, 0.3) is 0 Å². The lowest BCUT2D eigenvalue weighted by molar-refractivity contribution is 0.782. The Morgan fingerprint density at radius 1 is 1.05 bits per heavy atom. The van der Waals surface area contributed by atoms with Crippen LogP contribution in [0.3, 0.4) is 0 Å². The van der Waals surface area contributed by atoms with Crippen LogP contribution in [0.4, 0.5) is 5.82 Å². The van der Waals surface area contributed by atoms with E-state index in [-0.39, 0.29) is 0 Å². The van der Waals surface area contributed by atoms with Crippen LogP contribution in [0.5, 0.6) is 0 Å². The normalized spacial score (nSPS) is 10.6. The van der Waals surface area contributed by atoms with Crippen molar-refractivity contribution in [1.29, 1.82) is 0 Å². The van der Waals surface area contributed by atoms with Crippen molar-refractivity contribution in [1.82, 2.24) is 25.0 Å². The molecule has 6 heteroatoms. The number of aromatic nitrogens is 5. The smallest absolute Gasteiger partial charge is 0.129 e. The fraction of sp³-hybridized carbons (Fsp3) is 0.0769. The van der Waals surface area contributed by atoms with Gasteiger partial charge >= 0.3 is 0 Å². The second-order valence-electron chi connectivity index (χ2n) is 4.11. The molecule has 3 heterocycles. The highest BCUT2D eigenvalue weighted by molar-refractivity contribution is 5.87. The van der Waals surface area contributed by atoms with E-state index in [0.29, 0.717) is 5.82 Å². The highest BCUT2D eigenvalue weighted by Crippen LogP contribution is 2.34. The Morgan fingerprint density at radius 3 is 2.63 bits per heavy atom. The SMILES string of the molecule is Cn1nc(-c2ccnnc2)c(-c2cccnc2)c1N. The molecule has 0 aliphatic rings. The molecule has 3 rings (SSSR count). The van der Waals surface area contributed by atoms with Crippen LogP contribution >= 0.6 is 0 Å². The van der Waals surface area contributed by atoms with E-state index in [2.05, 4.69) is 20.3 Å². The number of aryl methyl sites for hydroxylation is 1. The maximum Gasteiger partial charge on any atom is 0.129 e. The van der Waals surface area contributed by atoms with Gasteiger partial charge in [0.1, 0.15) is 11.5 Å². The van der Waals surface area contributed by atoms with Gasteiger partial charge in [-0.15, -0.1) is 0 Å². The third-order valence-electron chi connectivity index (χ3n) is 2.90. The monoisotopic (exact) mass is 252 g/mol. The van der Waals surface area contributed by atoms with Crippen LogP contribution in [0, 0.1) is 0 Å². The number of pyridine rings is 1. The molecular weight excluding hydrogens is 240 g/mol. The van der Waals surface area contributed by atoms with Crippen molar-refractivity contribution >= 4 is 5.82 Å². The van der Waals surface area contributed by atoms with Crippen LogP contribution in [0.1, 0.15) is 0 Å². The first-order valence-electron chi connectivity index (χ1n) is 5.77. The Balaban J connectivity index is 2.25. The van der Waals surface area contributed by atoms with Gasteiger partial charge in [0.05, 0.1) is 18.0 Å². The standard InChI is InChI=1S/C13H12N6/c1-19-13(14)11(9-3-2-5-15-7-9)12(18-19)10-4-6-16-17-8-10/h2-8H,14H2,1H3. The minimum atomic E-state index is 0.597. The van der Waals surface area contributed by atoms with Crippen LogP contribution < -0.4 is 5.73 Å². The van der Waals surface area contributed by atoms with E-state index >= 15 is 0 Å². The van der Waals surface area contributed by atoms with Gasteiger partial charge in [-0.1, -0.05) is 6.07 Å². The molecule has 0 aromatic carbocycles. The van der Waals surface area contributed by atoms with Gasteiger partial charge in [0.2, 0.25) is 0 Å². The lowest BCUT2D eigenvalue weighted by Gasteiger charge is -2.03. The summed E-state index contributed by atoms with van der Waals surface area (Å²) >= 11 is 0. The van der Waals surface area contributed by atoms with E-state index in [9.17, 15) is 0 Å². The Kier molecular flexibility index (Phi) is 2.68. The van der Waals surface area contributed by atoms with Gasteiger partial charge in [-0.25, -0.2) is 0 Å². The van der Waals surface area contributed by atoms with Crippen molar-refractivity contribution in [3.63, 3.8) is 0 Å². The summed E-state index contributed by atoms with van der Waals surface area (Å²) in [5.74, 6) is 0.597. The highest BCUT2D eigenvalue weighted by atomic mass is 15.3. The second kappa shape index (κ2) is 4.49. The molecule has 3 aromatic heterocycles. The summed E-state index contributed by atoms with van der Waals surface area (Å²) in [7, 11) is 1.81. The average molecular weight is 252 g/mol. The Labute approximate surface area is 109 Å². The van der Waals surface area contributed by atoms with E-state index in [1.807, 2.05) is 25.2 Å². The van der Waals surface area contributed by atoms with Crippen LogP contribution in [-0.2, 0) is 7.05 Å². The zero-order valence-corrected chi connectivity index (χ0v) is 10.4. The molecule has 3 aromatic rings. The molecule has 19 heavy (non-hydrogen) atoms. The van der Waals surface area contributed by atoms with Gasteiger partial charge in [-0.05, 0) is 12.1 Å². The van der Waals surface area contributed by atoms with Crippen LogP contribution in [0.2, 0.25) is 0 Å². The maximum atomic E-state index is 6.11. The minimum absolute atomic E-state index is 0.597. The number of anilines is 1. The van der Waals surface area contributed by atoms with E-state index < -0.39 is 0 Å². The summed E-state index contributed by atoms with van der Waals surface area (Å²) in [6, 6.07) is 5.68. The van der Waals surface area contributed by atoms with Crippen LogP contribution in [0.15, 0.2) is 43.0 Å². The van der Waals surface area contributed by atoms with Gasteiger partial charge in [-0.3, -0.25) is 9.67 Å². The zero-order chi connectivity index (χ0) is 13.2. The van der Waals surface area contributed by atoms with Crippen molar-refractivity contribution in [2.75, 3.05) is 5.73 Å². The molecule has 0 unspecified atom stereocenters. The maximum absolute atomic E-state index is 6.11. The first-order chi connectivity index (χ1) is 9.27. The van der Waals surface area contributed by atoms with Crippen LogP contribution in [0.25, 0.3) is 22.4 Å². The van der Waals surface area contributed by atoms with Gasteiger partial charge in [0, 0.05) is 30.6 Å². The summed E-state index contributed by atoms with van der Waals surface area (Å²) in [5, 5.41) is 12.1. The summed E-state index contributed by atoms with van der Waals surface area (Å²) in [6.07, 6.45) is 6.80. The fourth-order valence-electron chi connectivity index (χ4n) is 1.97. The topological polar surface area (TPSA) is 82.5 Å². The van der Waals surface area contributed by atoms with E-state index in [0.717, 1.165) is 22.4 Å². The first kappa shape index (κ1) is 11.3. The molecule has 0 atom stereocenters. The molecule has 0 amide bonds. The third-order valence-corrected chi connectivity index (χ3v) is 2.90. The van der Waals surface area contributed by atoms with E-state index in [1.54, 1.807) is 29.5 Å². The van der Waals surface area contributed by atoms with E-state index in [1.165, 1.54) is 0 Å². The molecule has 0 fully saturated rings. The number of nitrogens with two attached hydrogens (primary N) is 1. The molecular formula is C13H12N6. The number of nitrogen functional groups attached to an aromatic ring is 1. The zero-order valence-electron chi connectivity index (χ0n) is 10.4. The average Bonchev–Trinajstić information content (AvgIpc) is 2.77. The lowest BCUT2D eigenvalue weighted by atomic mass is 10.0. The number of nitrogens with zero attached hydrogens (tertiary/aromatic N) is 5. The lowest BCUT2D eigenvalue weighted by Crippen LogP contribution is -1.98. The quantitative estimate of drug-likeness (QED) is 0.747. The van der Waals surface area contributed by atoms with E-state index in [4.69, 9.17) is 5.73 Å². The summed E-state index contributed by atoms with van der Waals surface area (Å²) in [5.41, 5.74) is 9.56. The summed E-state index contributed by atoms with van der Waals surface area (Å²) in [6.45, 7) is 0. The third kappa shape index (κ3) is 1.93. The van der Waals surface area contributed by atoms with Crippen molar-refractivity contribution in [2.45, 2.75) is 0 Å². The molecule has 2 N–H and O–H groups in total. The fourth-order valence-corrected chi connectivity index (χ4v) is 1.97. The van der Waals surface area contributed by atoms with Crippen LogP contribution in [-0.4, -0.2) is 25.0 Å². The number of hydrogen-bond donors (Lipinski definition) is 1. The second-order valence-corrected chi connectivity index (χ2v) is 4.11. The highest BCUT2D eigenvalue weighted by Gasteiger charge is 2.17. The predicted molar refractivity (Wildman–Crippen MR) is 71.9 cm³/mol. The molecule has 0 radical (unpaired) electrons. The Morgan fingerprint density at radius 2 is 1.95 bits per heavy atom. The molecule has 0 aliphatic carbocycles. The van der Waals surface area contributed by atoms with Gasteiger partial charge < -0.3 is 5.73 Å². The van der Waals surface area contributed by atoms with Crippen molar-refractivity contribution in [3.8, 4) is 22.4 Å². The molecule has 0 saturated heterocycles. The molecule has 6 nitrogen and oxygen atoms in total. The molecule has 0 saturated carbocycles. The number of rotatable bonds is 2. The van der Waals surface area contributed by atoms with Crippen molar-refractivity contribution < 1.29 is 0 Å². The summed E-state index contributed by atoms with van der Waals surface area (Å²) < 4.78 is 1.65. The Bertz CT molecular complexity index is 690. The largest absolute Gasteiger partial charge is 0.383 e. The predicted octanol–water partition coefficient (Wildman–Crippen LogP) is 1.52. The molecule has 94 valence electrons. The van der Waals surface area contributed by atoms with Gasteiger partial charge in [0.15, 0.2) is 0 Å². The minimum Gasteiger partial charge on any atom is -0.383 e. The van der Waals surface area contributed by atoms with Crippen molar-refractivity contribution in [3.05, 3.63) is 43.0 Å². The first-order valence-corrected chi connectivity index (χ1v) is 5.77. The molecule has 0 bridgehead atoms. The van der Waals surface area contributed by atoms with Crippen molar-refractivity contribution in [2.24, 2.45) is 7.05 Å². The molecule has 0 spiro atoms. The Hall–Kier alpha value is -2.76. The van der Waals surface area contributed by atoms with Gasteiger partial charge in [-0.2, -0.15) is 15.3 Å². The number of hydrogen-bond acceptors (Lipinski definition) is 5.